The van der Waals surface area contributed by atoms with Crippen molar-refractivity contribution in [2.75, 3.05) is 6.61 Å². The number of esters is 1. The molecule has 0 aromatic heterocycles. The molecule has 0 radical (unpaired) electrons. The number of carbonyl (C=O) groups is 2. The molecule has 6 nitrogen and oxygen atoms in total. The number of hydrogen-bond acceptors (Lipinski definition) is 5. The molecular weight excluding hydrogens is 308 g/mol. The molecule has 3 atom stereocenters. The summed E-state index contributed by atoms with van der Waals surface area (Å²) < 4.78 is 4.77. The maximum atomic E-state index is 11.8. The SMILES string of the molecule is CCOC(=O)[C@H](C)NC(=O)C(O)[C@H](N)Cc1ccccc1.Cl. The van der Waals surface area contributed by atoms with Crippen LogP contribution in [-0.4, -0.2) is 41.8 Å². The largest absolute Gasteiger partial charge is 0.464 e. The smallest absolute Gasteiger partial charge is 0.328 e. The predicted molar refractivity (Wildman–Crippen MR) is 85.6 cm³/mol. The fourth-order valence-corrected chi connectivity index (χ4v) is 1.82. The molecule has 0 aliphatic carbocycles. The van der Waals surface area contributed by atoms with Crippen LogP contribution in [-0.2, 0) is 20.7 Å². The van der Waals surface area contributed by atoms with Crippen LogP contribution in [0.2, 0.25) is 0 Å². The Labute approximate surface area is 136 Å². The number of ether oxygens (including phenoxy) is 1. The lowest BCUT2D eigenvalue weighted by molar-refractivity contribution is -0.148. The lowest BCUT2D eigenvalue weighted by Gasteiger charge is -2.20. The number of benzene rings is 1. The average Bonchev–Trinajstić information content (AvgIpc) is 2.47. The van der Waals surface area contributed by atoms with Crippen LogP contribution in [0.4, 0.5) is 0 Å². The van der Waals surface area contributed by atoms with Gasteiger partial charge in [0.15, 0.2) is 0 Å². The molecule has 7 heteroatoms. The topological polar surface area (TPSA) is 102 Å². The molecule has 1 unspecified atom stereocenters. The number of aliphatic hydroxyl groups excluding tert-OH is 1. The van der Waals surface area contributed by atoms with E-state index in [2.05, 4.69) is 5.32 Å². The first-order valence-corrected chi connectivity index (χ1v) is 6.90. The van der Waals surface area contributed by atoms with E-state index in [9.17, 15) is 14.7 Å². The molecule has 124 valence electrons. The molecule has 0 aliphatic rings. The van der Waals surface area contributed by atoms with Crippen molar-refractivity contribution < 1.29 is 19.4 Å². The van der Waals surface area contributed by atoms with Gasteiger partial charge in [0.1, 0.15) is 12.1 Å². The Morgan fingerprint density at radius 2 is 1.91 bits per heavy atom. The summed E-state index contributed by atoms with van der Waals surface area (Å²) in [6.07, 6.45) is -1.02. The van der Waals surface area contributed by atoms with Gasteiger partial charge in [-0.25, -0.2) is 4.79 Å². The van der Waals surface area contributed by atoms with Crippen molar-refractivity contribution in [3.8, 4) is 0 Å². The minimum Gasteiger partial charge on any atom is -0.464 e. The van der Waals surface area contributed by atoms with Gasteiger partial charge in [-0.1, -0.05) is 30.3 Å². The Kier molecular flexibility index (Phi) is 9.40. The van der Waals surface area contributed by atoms with Crippen LogP contribution < -0.4 is 11.1 Å². The van der Waals surface area contributed by atoms with Crippen LogP contribution in [0.1, 0.15) is 19.4 Å². The third kappa shape index (κ3) is 6.43. The van der Waals surface area contributed by atoms with E-state index >= 15 is 0 Å². The molecule has 0 spiro atoms. The number of nitrogens with two attached hydrogens (primary N) is 1. The minimum absolute atomic E-state index is 0. The van der Waals surface area contributed by atoms with Crippen molar-refractivity contribution in [3.05, 3.63) is 35.9 Å². The van der Waals surface area contributed by atoms with E-state index in [-0.39, 0.29) is 19.0 Å². The first-order valence-electron chi connectivity index (χ1n) is 6.90. The molecule has 1 aromatic rings. The minimum atomic E-state index is -1.39. The summed E-state index contributed by atoms with van der Waals surface area (Å²) >= 11 is 0. The second kappa shape index (κ2) is 10.2. The molecule has 4 N–H and O–H groups in total. The highest BCUT2D eigenvalue weighted by Gasteiger charge is 2.26. The van der Waals surface area contributed by atoms with Gasteiger partial charge in [0.2, 0.25) is 0 Å². The van der Waals surface area contributed by atoms with Crippen molar-refractivity contribution in [3.63, 3.8) is 0 Å². The molecule has 22 heavy (non-hydrogen) atoms. The van der Waals surface area contributed by atoms with E-state index < -0.39 is 30.1 Å². The van der Waals surface area contributed by atoms with Crippen LogP contribution in [0.25, 0.3) is 0 Å². The first-order chi connectivity index (χ1) is 9.95. The van der Waals surface area contributed by atoms with Gasteiger partial charge >= 0.3 is 5.97 Å². The summed E-state index contributed by atoms with van der Waals surface area (Å²) in [5.41, 5.74) is 6.76. The van der Waals surface area contributed by atoms with Gasteiger partial charge in [-0.3, -0.25) is 4.79 Å². The Bertz CT molecular complexity index is 470. The summed E-state index contributed by atoms with van der Waals surface area (Å²) in [4.78, 5) is 23.3. The molecule has 1 rings (SSSR count). The average molecular weight is 331 g/mol. The van der Waals surface area contributed by atoms with Crippen LogP contribution in [0.15, 0.2) is 30.3 Å². The molecule has 0 heterocycles. The van der Waals surface area contributed by atoms with Crippen molar-refractivity contribution in [1.29, 1.82) is 0 Å². The third-order valence-electron chi connectivity index (χ3n) is 2.99. The number of carbonyl (C=O) groups excluding carboxylic acids is 2. The second-order valence-electron chi connectivity index (χ2n) is 4.78. The number of halogens is 1. The molecule has 0 saturated carbocycles. The van der Waals surface area contributed by atoms with E-state index in [0.29, 0.717) is 6.42 Å². The lowest BCUT2D eigenvalue weighted by Crippen LogP contribution is -2.51. The molecule has 1 amide bonds. The standard InChI is InChI=1S/C15H22N2O4.ClH/c1-3-21-15(20)10(2)17-14(19)13(18)12(16)9-11-7-5-4-6-8-11;/h4-8,10,12-13,18H,3,9,16H2,1-2H3,(H,17,19);1H/t10-,12+,13?;/m0./s1. The number of rotatable bonds is 7. The second-order valence-corrected chi connectivity index (χ2v) is 4.78. The number of hydrogen-bond donors (Lipinski definition) is 3. The molecular formula is C15H23ClN2O4. The highest BCUT2D eigenvalue weighted by Crippen LogP contribution is 2.05. The zero-order valence-electron chi connectivity index (χ0n) is 12.7. The molecule has 1 aromatic carbocycles. The summed E-state index contributed by atoms with van der Waals surface area (Å²) in [5.74, 6) is -1.23. The van der Waals surface area contributed by atoms with Gasteiger partial charge in [-0.05, 0) is 25.8 Å². The predicted octanol–water partition coefficient (Wildman–Crippen LogP) is 0.407. The van der Waals surface area contributed by atoms with Gasteiger partial charge < -0.3 is 20.9 Å². The van der Waals surface area contributed by atoms with Gasteiger partial charge in [-0.15, -0.1) is 12.4 Å². The van der Waals surface area contributed by atoms with E-state index in [1.807, 2.05) is 30.3 Å². The normalized spacial score (nSPS) is 14.2. The van der Waals surface area contributed by atoms with Crippen LogP contribution in [0.3, 0.4) is 0 Å². The quantitative estimate of drug-likeness (QED) is 0.628. The van der Waals surface area contributed by atoms with Crippen molar-refractivity contribution in [2.45, 2.75) is 38.5 Å². The highest BCUT2D eigenvalue weighted by molar-refractivity contribution is 5.87. The van der Waals surface area contributed by atoms with E-state index in [0.717, 1.165) is 5.56 Å². The number of aliphatic hydroxyl groups is 1. The summed E-state index contributed by atoms with van der Waals surface area (Å²) in [6.45, 7) is 3.40. The van der Waals surface area contributed by atoms with Crippen molar-refractivity contribution >= 4 is 24.3 Å². The van der Waals surface area contributed by atoms with Gasteiger partial charge in [-0.2, -0.15) is 0 Å². The summed E-state index contributed by atoms with van der Waals surface area (Å²) in [7, 11) is 0. The molecule has 0 aliphatic heterocycles. The summed E-state index contributed by atoms with van der Waals surface area (Å²) in [5, 5.41) is 12.3. The number of nitrogens with one attached hydrogen (secondary N) is 1. The Morgan fingerprint density at radius 3 is 2.45 bits per heavy atom. The van der Waals surface area contributed by atoms with Gasteiger partial charge in [0.05, 0.1) is 6.61 Å². The number of amides is 1. The monoisotopic (exact) mass is 330 g/mol. The molecule has 0 fully saturated rings. The van der Waals surface area contributed by atoms with Crippen LogP contribution >= 0.6 is 12.4 Å². The highest BCUT2D eigenvalue weighted by atomic mass is 35.5. The third-order valence-corrected chi connectivity index (χ3v) is 2.99. The Morgan fingerprint density at radius 1 is 1.32 bits per heavy atom. The van der Waals surface area contributed by atoms with Crippen LogP contribution in [0.5, 0.6) is 0 Å². The Balaban J connectivity index is 0.00000441. The summed E-state index contributed by atoms with van der Waals surface area (Å²) in [6, 6.07) is 7.75. The van der Waals surface area contributed by atoms with E-state index in [1.165, 1.54) is 6.92 Å². The van der Waals surface area contributed by atoms with Crippen LogP contribution in [0, 0.1) is 0 Å². The zero-order chi connectivity index (χ0) is 15.8. The molecule has 0 bridgehead atoms. The lowest BCUT2D eigenvalue weighted by atomic mass is 10.0. The van der Waals surface area contributed by atoms with Crippen molar-refractivity contribution in [1.82, 2.24) is 5.32 Å². The fraction of sp³-hybridized carbons (Fsp3) is 0.467. The van der Waals surface area contributed by atoms with Gasteiger partial charge in [0.25, 0.3) is 5.91 Å². The van der Waals surface area contributed by atoms with E-state index in [1.54, 1.807) is 6.92 Å². The first kappa shape index (κ1) is 20.4. The Hall–Kier alpha value is -1.63. The maximum absolute atomic E-state index is 11.8. The van der Waals surface area contributed by atoms with Gasteiger partial charge in [0, 0.05) is 6.04 Å². The maximum Gasteiger partial charge on any atom is 0.328 e. The zero-order valence-corrected chi connectivity index (χ0v) is 13.5. The molecule has 0 saturated heterocycles. The fourth-order valence-electron chi connectivity index (χ4n) is 1.82. The van der Waals surface area contributed by atoms with E-state index in [4.69, 9.17) is 10.5 Å². The van der Waals surface area contributed by atoms with Crippen molar-refractivity contribution in [2.24, 2.45) is 5.73 Å².